The summed E-state index contributed by atoms with van der Waals surface area (Å²) in [6.45, 7) is 9.50. The molecule has 2 aromatic rings. The molecule has 1 aliphatic heterocycles. The Hall–Kier alpha value is -2.86. The lowest BCUT2D eigenvalue weighted by Crippen LogP contribution is -2.39. The van der Waals surface area contributed by atoms with Crippen LogP contribution in [0.4, 0.5) is 0 Å². The standard InChI is InChI=1S/C26H36N4O2/c1-4-29(5-2)25(31)24-13-11-21(12-14-24)17-28-26(27-3)30-16-15-23(18-30)20-32-19-22-9-7-6-8-10-22/h6-14,23H,4-5,15-20H2,1-3H3,(H,27,28). The molecule has 3 rings (SSSR count). The highest BCUT2D eigenvalue weighted by atomic mass is 16.5. The molecule has 0 aromatic heterocycles. The first-order valence-electron chi connectivity index (χ1n) is 11.6. The number of aliphatic imine (C=N–C) groups is 1. The third-order valence-electron chi connectivity index (χ3n) is 5.96. The fourth-order valence-electron chi connectivity index (χ4n) is 4.05. The molecule has 172 valence electrons. The van der Waals surface area contributed by atoms with E-state index in [0.29, 0.717) is 19.1 Å². The zero-order valence-electron chi connectivity index (χ0n) is 19.6. The molecule has 1 heterocycles. The van der Waals surface area contributed by atoms with Crippen molar-refractivity contribution in [3.8, 4) is 0 Å². The van der Waals surface area contributed by atoms with Gasteiger partial charge in [-0.05, 0) is 43.5 Å². The molecule has 0 radical (unpaired) electrons. The van der Waals surface area contributed by atoms with Gasteiger partial charge in [-0.25, -0.2) is 0 Å². The molecule has 1 aliphatic rings. The van der Waals surface area contributed by atoms with E-state index in [1.807, 2.05) is 68.3 Å². The SMILES string of the molecule is CCN(CC)C(=O)c1ccc(CNC(=NC)N2CCC(COCc3ccccc3)C2)cc1. The Morgan fingerprint density at radius 2 is 1.81 bits per heavy atom. The fraction of sp³-hybridized carbons (Fsp3) is 0.462. The number of hydrogen-bond acceptors (Lipinski definition) is 3. The Morgan fingerprint density at radius 3 is 2.47 bits per heavy atom. The Balaban J connectivity index is 1.44. The summed E-state index contributed by atoms with van der Waals surface area (Å²) in [5, 5.41) is 3.46. The lowest BCUT2D eigenvalue weighted by molar-refractivity contribution is 0.0773. The van der Waals surface area contributed by atoms with E-state index in [1.165, 1.54) is 5.56 Å². The number of likely N-dealkylation sites (tertiary alicyclic amines) is 1. The van der Waals surface area contributed by atoms with Gasteiger partial charge in [-0.1, -0.05) is 42.5 Å². The number of benzene rings is 2. The smallest absolute Gasteiger partial charge is 0.253 e. The molecular formula is C26H36N4O2. The highest BCUT2D eigenvalue weighted by molar-refractivity contribution is 5.94. The molecule has 32 heavy (non-hydrogen) atoms. The van der Waals surface area contributed by atoms with Crippen LogP contribution in [-0.4, -0.2) is 61.5 Å². The molecule has 1 saturated heterocycles. The molecule has 1 atom stereocenters. The van der Waals surface area contributed by atoms with Crippen molar-refractivity contribution in [1.82, 2.24) is 15.1 Å². The van der Waals surface area contributed by atoms with Crippen molar-refractivity contribution >= 4 is 11.9 Å². The van der Waals surface area contributed by atoms with E-state index in [2.05, 4.69) is 27.3 Å². The van der Waals surface area contributed by atoms with Crippen LogP contribution in [-0.2, 0) is 17.9 Å². The maximum absolute atomic E-state index is 12.5. The van der Waals surface area contributed by atoms with E-state index in [0.717, 1.165) is 56.3 Å². The highest BCUT2D eigenvalue weighted by Crippen LogP contribution is 2.17. The Bertz CT molecular complexity index is 863. The van der Waals surface area contributed by atoms with Crippen LogP contribution in [0.5, 0.6) is 0 Å². The second-order valence-corrected chi connectivity index (χ2v) is 8.18. The van der Waals surface area contributed by atoms with Crippen molar-refractivity contribution in [3.63, 3.8) is 0 Å². The zero-order valence-corrected chi connectivity index (χ0v) is 19.6. The van der Waals surface area contributed by atoms with Crippen LogP contribution in [0, 0.1) is 5.92 Å². The van der Waals surface area contributed by atoms with Gasteiger partial charge in [0.1, 0.15) is 0 Å². The molecule has 6 heteroatoms. The number of rotatable bonds is 9. The van der Waals surface area contributed by atoms with Crippen molar-refractivity contribution < 1.29 is 9.53 Å². The van der Waals surface area contributed by atoms with Crippen molar-refractivity contribution in [2.75, 3.05) is 39.8 Å². The largest absolute Gasteiger partial charge is 0.376 e. The second-order valence-electron chi connectivity index (χ2n) is 8.18. The summed E-state index contributed by atoms with van der Waals surface area (Å²) in [4.78, 5) is 21.1. The Kier molecular flexibility index (Phi) is 9.11. The van der Waals surface area contributed by atoms with Crippen molar-refractivity contribution in [3.05, 3.63) is 71.3 Å². The predicted molar refractivity (Wildman–Crippen MR) is 130 cm³/mol. The molecule has 0 spiro atoms. The first-order valence-corrected chi connectivity index (χ1v) is 11.6. The Labute approximate surface area is 192 Å². The van der Waals surface area contributed by atoms with E-state index >= 15 is 0 Å². The molecular weight excluding hydrogens is 400 g/mol. The monoisotopic (exact) mass is 436 g/mol. The summed E-state index contributed by atoms with van der Waals surface area (Å²) in [6, 6.07) is 18.2. The molecule has 0 saturated carbocycles. The normalized spacial score (nSPS) is 16.3. The first kappa shape index (κ1) is 23.8. The lowest BCUT2D eigenvalue weighted by atomic mass is 10.1. The van der Waals surface area contributed by atoms with Gasteiger partial charge in [0.15, 0.2) is 5.96 Å². The average Bonchev–Trinajstić information content (AvgIpc) is 3.30. The molecule has 0 bridgehead atoms. The number of nitrogens with zero attached hydrogens (tertiary/aromatic N) is 3. The lowest BCUT2D eigenvalue weighted by Gasteiger charge is -2.22. The fourth-order valence-corrected chi connectivity index (χ4v) is 4.05. The van der Waals surface area contributed by atoms with E-state index in [9.17, 15) is 4.79 Å². The van der Waals surface area contributed by atoms with Gasteiger partial charge in [0.25, 0.3) is 5.91 Å². The molecule has 1 amide bonds. The maximum atomic E-state index is 12.5. The molecule has 1 unspecified atom stereocenters. The van der Waals surface area contributed by atoms with Crippen molar-refractivity contribution in [2.24, 2.45) is 10.9 Å². The minimum absolute atomic E-state index is 0.0860. The van der Waals surface area contributed by atoms with Gasteiger partial charge >= 0.3 is 0 Å². The van der Waals surface area contributed by atoms with Gasteiger partial charge in [-0.15, -0.1) is 0 Å². The first-order chi connectivity index (χ1) is 15.6. The number of carbonyl (C=O) groups is 1. The summed E-state index contributed by atoms with van der Waals surface area (Å²) < 4.78 is 5.94. The van der Waals surface area contributed by atoms with E-state index in [-0.39, 0.29) is 5.91 Å². The minimum atomic E-state index is 0.0860. The second kappa shape index (κ2) is 12.2. The topological polar surface area (TPSA) is 57.2 Å². The molecule has 1 N–H and O–H groups in total. The summed E-state index contributed by atoms with van der Waals surface area (Å²) in [7, 11) is 1.83. The number of nitrogens with one attached hydrogen (secondary N) is 1. The van der Waals surface area contributed by atoms with Gasteiger partial charge in [0, 0.05) is 51.3 Å². The van der Waals surface area contributed by atoms with Crippen LogP contribution in [0.1, 0.15) is 41.8 Å². The van der Waals surface area contributed by atoms with E-state index in [4.69, 9.17) is 4.74 Å². The van der Waals surface area contributed by atoms with Crippen molar-refractivity contribution in [1.29, 1.82) is 0 Å². The van der Waals surface area contributed by atoms with Crippen LogP contribution in [0.25, 0.3) is 0 Å². The van der Waals surface area contributed by atoms with Gasteiger partial charge < -0.3 is 19.9 Å². The number of ether oxygens (including phenoxy) is 1. The quantitative estimate of drug-likeness (QED) is 0.480. The van der Waals surface area contributed by atoms with Crippen LogP contribution in [0.2, 0.25) is 0 Å². The molecule has 2 aromatic carbocycles. The molecule has 1 fully saturated rings. The number of guanidine groups is 1. The summed E-state index contributed by atoms with van der Waals surface area (Å²) >= 11 is 0. The van der Waals surface area contributed by atoms with Gasteiger partial charge in [0.2, 0.25) is 0 Å². The molecule has 0 aliphatic carbocycles. The Morgan fingerprint density at radius 1 is 1.09 bits per heavy atom. The van der Waals surface area contributed by atoms with Crippen molar-refractivity contribution in [2.45, 2.75) is 33.4 Å². The van der Waals surface area contributed by atoms with Crippen LogP contribution in [0.15, 0.2) is 59.6 Å². The van der Waals surface area contributed by atoms with E-state index < -0.39 is 0 Å². The van der Waals surface area contributed by atoms with Crippen LogP contribution >= 0.6 is 0 Å². The minimum Gasteiger partial charge on any atom is -0.376 e. The average molecular weight is 437 g/mol. The zero-order chi connectivity index (χ0) is 22.8. The third-order valence-corrected chi connectivity index (χ3v) is 5.96. The van der Waals surface area contributed by atoms with E-state index in [1.54, 1.807) is 0 Å². The summed E-state index contributed by atoms with van der Waals surface area (Å²) in [5.74, 6) is 1.52. The van der Waals surface area contributed by atoms with Gasteiger partial charge in [-0.3, -0.25) is 9.79 Å². The molecule has 6 nitrogen and oxygen atoms in total. The summed E-state index contributed by atoms with van der Waals surface area (Å²) in [5.41, 5.74) is 3.08. The highest BCUT2D eigenvalue weighted by Gasteiger charge is 2.25. The summed E-state index contributed by atoms with van der Waals surface area (Å²) in [6.07, 6.45) is 1.11. The van der Waals surface area contributed by atoms with Crippen LogP contribution in [0.3, 0.4) is 0 Å². The number of amides is 1. The van der Waals surface area contributed by atoms with Gasteiger partial charge in [-0.2, -0.15) is 0 Å². The van der Waals surface area contributed by atoms with Gasteiger partial charge in [0.05, 0.1) is 13.2 Å². The van der Waals surface area contributed by atoms with Crippen LogP contribution < -0.4 is 5.32 Å². The number of hydrogen-bond donors (Lipinski definition) is 1. The maximum Gasteiger partial charge on any atom is 0.253 e. The third kappa shape index (κ3) is 6.57. The number of carbonyl (C=O) groups excluding carboxylic acids is 1. The predicted octanol–water partition coefficient (Wildman–Crippen LogP) is 3.78.